The fourth-order valence-corrected chi connectivity index (χ4v) is 2.78. The second-order valence-electron chi connectivity index (χ2n) is 4.03. The molecule has 0 aliphatic heterocycles. The summed E-state index contributed by atoms with van der Waals surface area (Å²) in [6.45, 7) is 1.74. The number of aromatic nitrogens is 2. The minimum atomic E-state index is -0.248. The molecule has 6 nitrogen and oxygen atoms in total. The van der Waals surface area contributed by atoms with Crippen molar-refractivity contribution in [2.24, 2.45) is 0 Å². The molecule has 2 aromatic rings. The Bertz CT molecular complexity index is 675. The summed E-state index contributed by atoms with van der Waals surface area (Å²) in [6, 6.07) is 5.88. The van der Waals surface area contributed by atoms with Gasteiger partial charge in [0.05, 0.1) is 5.69 Å². The van der Waals surface area contributed by atoms with Gasteiger partial charge in [-0.2, -0.15) is 0 Å². The van der Waals surface area contributed by atoms with E-state index in [-0.39, 0.29) is 16.5 Å². The van der Waals surface area contributed by atoms with Gasteiger partial charge in [0.2, 0.25) is 0 Å². The van der Waals surface area contributed by atoms with E-state index in [2.05, 4.69) is 9.97 Å². The van der Waals surface area contributed by atoms with Crippen molar-refractivity contribution in [3.05, 3.63) is 56.1 Å². The van der Waals surface area contributed by atoms with Crippen LogP contribution in [0, 0.1) is 12.1 Å². The maximum Gasteiger partial charge on any atom is 0.251 e. The van der Waals surface area contributed by atoms with E-state index in [4.69, 9.17) is 16.8 Å². The zero-order valence-corrected chi connectivity index (χ0v) is 12.0. The maximum atomic E-state index is 11.3. The van der Waals surface area contributed by atoms with Crippen molar-refractivity contribution < 1.29 is 5.21 Å². The third-order valence-corrected chi connectivity index (χ3v) is 3.74. The third-order valence-electron chi connectivity index (χ3n) is 2.47. The van der Waals surface area contributed by atoms with E-state index in [0.29, 0.717) is 21.6 Å². The van der Waals surface area contributed by atoms with Gasteiger partial charge in [-0.25, -0.2) is 4.98 Å². The number of anilines is 1. The van der Waals surface area contributed by atoms with Crippen molar-refractivity contribution in [1.82, 2.24) is 9.97 Å². The quantitative estimate of drug-likeness (QED) is 0.512. The molecule has 0 radical (unpaired) electrons. The Hall–Kier alpha value is -1.54. The third kappa shape index (κ3) is 3.73. The molecule has 0 saturated carbocycles. The molecule has 2 rings (SSSR count). The van der Waals surface area contributed by atoms with Crippen LogP contribution in [0.1, 0.15) is 11.3 Å². The van der Waals surface area contributed by atoms with Crippen molar-refractivity contribution in [2.75, 3.05) is 5.23 Å². The molecule has 0 unspecified atom stereocenters. The van der Waals surface area contributed by atoms with Gasteiger partial charge in [0, 0.05) is 22.5 Å². The highest BCUT2D eigenvalue weighted by Crippen LogP contribution is 2.27. The fraction of sp³-hybridized carbons (Fsp3) is 0.167. The van der Waals surface area contributed by atoms with Crippen LogP contribution in [0.15, 0.2) is 34.2 Å². The van der Waals surface area contributed by atoms with Gasteiger partial charge in [-0.3, -0.25) is 10.0 Å². The van der Waals surface area contributed by atoms with Gasteiger partial charge >= 0.3 is 0 Å². The van der Waals surface area contributed by atoms with Crippen molar-refractivity contribution >= 4 is 29.1 Å². The molecular formula is C12H11ClN3O3S-. The summed E-state index contributed by atoms with van der Waals surface area (Å²) in [5.41, 5.74) is 1.26. The first-order chi connectivity index (χ1) is 9.45. The van der Waals surface area contributed by atoms with Gasteiger partial charge < -0.3 is 15.4 Å². The molecule has 8 heteroatoms. The number of aromatic amines is 1. The van der Waals surface area contributed by atoms with Gasteiger partial charge in [-0.1, -0.05) is 29.4 Å². The highest BCUT2D eigenvalue weighted by atomic mass is 35.5. The standard InChI is InChI=1S/C12H11ClN3O3S/c1-7-4-11(17)15-12(14-7)20-6-8-2-3-9(16(18)19)5-10(8)13/h2-5,18H,6H2,1H3,(H,14,15,17)/q-1. The Labute approximate surface area is 124 Å². The first-order valence-corrected chi connectivity index (χ1v) is 6.97. The SMILES string of the molecule is Cc1cc(=O)[nH]c(SCc2ccc(N([O-])O)cc2Cl)n1. The minimum absolute atomic E-state index is 0.0610. The first-order valence-electron chi connectivity index (χ1n) is 5.61. The monoisotopic (exact) mass is 312 g/mol. The van der Waals surface area contributed by atoms with Crippen LogP contribution >= 0.6 is 23.4 Å². The van der Waals surface area contributed by atoms with E-state index < -0.39 is 0 Å². The van der Waals surface area contributed by atoms with Gasteiger partial charge in [0.1, 0.15) is 0 Å². The fourth-order valence-electron chi connectivity index (χ4n) is 1.54. The number of thioether (sulfide) groups is 1. The topological polar surface area (TPSA) is 92.3 Å². The zero-order chi connectivity index (χ0) is 14.7. The Morgan fingerprint density at radius 3 is 2.85 bits per heavy atom. The summed E-state index contributed by atoms with van der Waals surface area (Å²) in [5.74, 6) is 0.482. The van der Waals surface area contributed by atoms with E-state index in [9.17, 15) is 10.0 Å². The normalized spacial score (nSPS) is 10.6. The maximum absolute atomic E-state index is 11.3. The lowest BCUT2D eigenvalue weighted by Crippen LogP contribution is -2.08. The van der Waals surface area contributed by atoms with Crippen molar-refractivity contribution in [3.63, 3.8) is 0 Å². The summed E-state index contributed by atoms with van der Waals surface area (Å²) in [6.07, 6.45) is 0. The number of hydrogen-bond donors (Lipinski definition) is 2. The number of nitrogens with zero attached hydrogens (tertiary/aromatic N) is 2. The molecule has 0 bridgehead atoms. The van der Waals surface area contributed by atoms with Crippen LogP contribution in [0.5, 0.6) is 0 Å². The molecular weight excluding hydrogens is 302 g/mol. The first kappa shape index (κ1) is 14.9. The van der Waals surface area contributed by atoms with Gasteiger partial charge in [-0.15, -0.1) is 0 Å². The predicted molar refractivity (Wildman–Crippen MR) is 78.2 cm³/mol. The lowest BCUT2D eigenvalue weighted by Gasteiger charge is -2.22. The predicted octanol–water partition coefficient (Wildman–Crippen LogP) is 2.72. The van der Waals surface area contributed by atoms with E-state index in [0.717, 1.165) is 5.56 Å². The number of nitrogens with one attached hydrogen (secondary N) is 1. The average molecular weight is 313 g/mol. The number of aryl methyl sites for hydroxylation is 1. The zero-order valence-electron chi connectivity index (χ0n) is 10.5. The number of H-pyrrole nitrogens is 1. The van der Waals surface area contributed by atoms with Crippen LogP contribution in [-0.4, -0.2) is 15.2 Å². The van der Waals surface area contributed by atoms with E-state index in [1.54, 1.807) is 13.0 Å². The summed E-state index contributed by atoms with van der Waals surface area (Å²) in [7, 11) is 0. The molecule has 0 saturated heterocycles. The Morgan fingerprint density at radius 2 is 2.25 bits per heavy atom. The molecule has 1 heterocycles. The lowest BCUT2D eigenvalue weighted by molar-refractivity contribution is 0.296. The van der Waals surface area contributed by atoms with Gasteiger partial charge in [0.25, 0.3) is 5.56 Å². The highest BCUT2D eigenvalue weighted by molar-refractivity contribution is 7.98. The molecule has 1 aromatic heterocycles. The van der Waals surface area contributed by atoms with Crippen molar-refractivity contribution in [3.8, 4) is 0 Å². The molecule has 0 amide bonds. The second kappa shape index (κ2) is 6.27. The van der Waals surface area contributed by atoms with Gasteiger partial charge in [0.15, 0.2) is 5.16 Å². The number of halogens is 1. The van der Waals surface area contributed by atoms with Crippen molar-refractivity contribution in [1.29, 1.82) is 0 Å². The molecule has 2 N–H and O–H groups in total. The summed E-state index contributed by atoms with van der Waals surface area (Å²) in [4.78, 5) is 18.1. The number of benzene rings is 1. The highest BCUT2D eigenvalue weighted by Gasteiger charge is 2.05. The summed E-state index contributed by atoms with van der Waals surface area (Å²) < 4.78 is 0. The van der Waals surface area contributed by atoms with Crippen LogP contribution in [0.4, 0.5) is 5.69 Å². The lowest BCUT2D eigenvalue weighted by atomic mass is 10.2. The van der Waals surface area contributed by atoms with Crippen LogP contribution in [0.3, 0.4) is 0 Å². The van der Waals surface area contributed by atoms with E-state index >= 15 is 0 Å². The van der Waals surface area contributed by atoms with Crippen molar-refractivity contribution in [2.45, 2.75) is 17.8 Å². The molecule has 1 aromatic carbocycles. The average Bonchev–Trinajstić information content (AvgIpc) is 2.36. The minimum Gasteiger partial charge on any atom is -0.733 e. The Balaban J connectivity index is 2.13. The summed E-state index contributed by atoms with van der Waals surface area (Å²) >= 11 is 7.34. The molecule has 0 atom stereocenters. The molecule has 0 spiro atoms. The van der Waals surface area contributed by atoms with Crippen LogP contribution in [-0.2, 0) is 5.75 Å². The molecule has 20 heavy (non-hydrogen) atoms. The van der Waals surface area contributed by atoms with Crippen LogP contribution in [0.2, 0.25) is 5.02 Å². The van der Waals surface area contributed by atoms with Crippen LogP contribution in [0.25, 0.3) is 0 Å². The molecule has 0 fully saturated rings. The summed E-state index contributed by atoms with van der Waals surface area (Å²) in [5, 5.41) is 20.1. The molecule has 0 aliphatic carbocycles. The van der Waals surface area contributed by atoms with E-state index in [1.165, 1.54) is 30.0 Å². The Morgan fingerprint density at radius 1 is 1.50 bits per heavy atom. The Kier molecular flexibility index (Phi) is 4.66. The largest absolute Gasteiger partial charge is 0.733 e. The second-order valence-corrected chi connectivity index (χ2v) is 5.40. The van der Waals surface area contributed by atoms with Gasteiger partial charge in [-0.05, 0) is 24.6 Å². The number of hydrogen-bond acceptors (Lipinski definition) is 6. The van der Waals surface area contributed by atoms with E-state index in [1.807, 2.05) is 0 Å². The smallest absolute Gasteiger partial charge is 0.251 e. The molecule has 0 aliphatic rings. The van der Waals surface area contributed by atoms with Crippen LogP contribution < -0.4 is 10.8 Å². The number of rotatable bonds is 4. The molecule has 106 valence electrons.